The van der Waals surface area contributed by atoms with Gasteiger partial charge < -0.3 is 9.82 Å². The van der Waals surface area contributed by atoms with Crippen molar-refractivity contribution >= 4 is 17.0 Å². The molecule has 1 aromatic heterocycles. The summed E-state index contributed by atoms with van der Waals surface area (Å²) >= 11 is 0. The molecule has 0 bridgehead atoms. The highest BCUT2D eigenvalue weighted by molar-refractivity contribution is 5.80. The number of aromatic nitrogens is 2. The van der Waals surface area contributed by atoms with Crippen molar-refractivity contribution in [2.24, 2.45) is 0 Å². The lowest BCUT2D eigenvalue weighted by atomic mass is 9.93. The molecule has 0 atom stereocenters. The molecule has 5 nitrogen and oxygen atoms in total. The van der Waals surface area contributed by atoms with Crippen LogP contribution < -0.4 is 10.5 Å². The van der Waals surface area contributed by atoms with E-state index in [0.717, 1.165) is 23.1 Å². The molecule has 0 spiro atoms. The molecule has 21 heavy (non-hydrogen) atoms. The molecule has 0 amide bonds. The maximum Gasteiger partial charge on any atom is 0.360 e. The number of benzene rings is 1. The van der Waals surface area contributed by atoms with Crippen LogP contribution in [-0.4, -0.2) is 15.7 Å². The molecule has 0 aliphatic rings. The number of nitrogens with zero attached hydrogens (tertiary/aromatic N) is 1. The van der Waals surface area contributed by atoms with Gasteiger partial charge in [-0.05, 0) is 36.8 Å². The summed E-state index contributed by atoms with van der Waals surface area (Å²) in [7, 11) is 0. The maximum absolute atomic E-state index is 12.1. The van der Waals surface area contributed by atoms with Gasteiger partial charge in [0.2, 0.25) is 0 Å². The lowest BCUT2D eigenvalue weighted by molar-refractivity contribution is -0.144. The largest absolute Gasteiger partial charge is 0.360 e. The van der Waals surface area contributed by atoms with Gasteiger partial charge in [-0.25, -0.2) is 9.59 Å². The molecule has 1 heterocycles. The van der Waals surface area contributed by atoms with Crippen LogP contribution in [0.1, 0.15) is 57.9 Å². The van der Waals surface area contributed by atoms with Crippen LogP contribution in [0.2, 0.25) is 0 Å². The van der Waals surface area contributed by atoms with Crippen LogP contribution in [0.3, 0.4) is 0 Å². The standard InChI is InChI=1S/C16H22N2O3/c1-4-8-14(19)21-18-15-12(11(5-2)6-3)9-7-10-13(15)17-16(18)20/h7,9-11H,4-6,8H2,1-3H3,(H,17,20). The molecule has 0 radical (unpaired) electrons. The summed E-state index contributed by atoms with van der Waals surface area (Å²) in [5.41, 5.74) is 2.02. The van der Waals surface area contributed by atoms with Gasteiger partial charge >= 0.3 is 11.7 Å². The van der Waals surface area contributed by atoms with Crippen molar-refractivity contribution in [1.29, 1.82) is 0 Å². The van der Waals surface area contributed by atoms with Gasteiger partial charge in [0.1, 0.15) is 5.52 Å². The van der Waals surface area contributed by atoms with Gasteiger partial charge in [-0.15, -0.1) is 4.73 Å². The summed E-state index contributed by atoms with van der Waals surface area (Å²) in [6, 6.07) is 5.74. The van der Waals surface area contributed by atoms with E-state index in [2.05, 4.69) is 18.8 Å². The first kappa shape index (κ1) is 15.4. The Morgan fingerprint density at radius 1 is 1.29 bits per heavy atom. The number of para-hydroxylation sites is 1. The minimum absolute atomic E-state index is 0.298. The first-order valence-corrected chi connectivity index (χ1v) is 7.57. The molecule has 1 N–H and O–H groups in total. The Morgan fingerprint density at radius 3 is 2.62 bits per heavy atom. The Bertz CT molecular complexity index is 680. The van der Waals surface area contributed by atoms with E-state index in [1.54, 1.807) is 0 Å². The zero-order valence-electron chi connectivity index (χ0n) is 12.8. The van der Waals surface area contributed by atoms with Gasteiger partial charge in [0.25, 0.3) is 0 Å². The Kier molecular flexibility index (Phi) is 4.83. The lowest BCUT2D eigenvalue weighted by Crippen LogP contribution is -2.29. The van der Waals surface area contributed by atoms with Crippen LogP contribution in [0, 0.1) is 0 Å². The van der Waals surface area contributed by atoms with E-state index in [1.807, 2.05) is 25.1 Å². The van der Waals surface area contributed by atoms with Crippen molar-refractivity contribution < 1.29 is 9.63 Å². The first-order valence-electron chi connectivity index (χ1n) is 7.57. The zero-order chi connectivity index (χ0) is 15.4. The third-order valence-electron chi connectivity index (χ3n) is 3.77. The summed E-state index contributed by atoms with van der Waals surface area (Å²) in [5, 5.41) is 0. The molecule has 1 aromatic carbocycles. The van der Waals surface area contributed by atoms with Crippen LogP contribution in [0.25, 0.3) is 11.0 Å². The van der Waals surface area contributed by atoms with Crippen LogP contribution in [-0.2, 0) is 4.79 Å². The van der Waals surface area contributed by atoms with Gasteiger partial charge in [0, 0.05) is 6.42 Å². The molecule has 0 unspecified atom stereocenters. The van der Waals surface area contributed by atoms with Gasteiger partial charge in [-0.1, -0.05) is 32.9 Å². The summed E-state index contributed by atoms with van der Waals surface area (Å²) in [5.74, 6) is -0.0557. The third-order valence-corrected chi connectivity index (χ3v) is 3.77. The predicted octanol–water partition coefficient (Wildman–Crippen LogP) is 2.99. The zero-order valence-corrected chi connectivity index (χ0v) is 12.8. The van der Waals surface area contributed by atoms with Gasteiger partial charge in [-0.2, -0.15) is 0 Å². The molecule has 0 saturated carbocycles. The number of imidazole rings is 1. The van der Waals surface area contributed by atoms with Crippen LogP contribution in [0.5, 0.6) is 0 Å². The number of rotatable bonds is 6. The molecule has 0 aliphatic carbocycles. The average Bonchev–Trinajstić information content (AvgIpc) is 2.77. The fraction of sp³-hybridized carbons (Fsp3) is 0.500. The fourth-order valence-corrected chi connectivity index (χ4v) is 2.65. The van der Waals surface area contributed by atoms with Gasteiger partial charge in [-0.3, -0.25) is 0 Å². The minimum Gasteiger partial charge on any atom is -0.332 e. The molecule has 0 aliphatic heterocycles. The van der Waals surface area contributed by atoms with Crippen molar-refractivity contribution in [3.8, 4) is 0 Å². The number of aromatic amines is 1. The second-order valence-electron chi connectivity index (χ2n) is 5.19. The summed E-state index contributed by atoms with van der Waals surface area (Å²) in [6.45, 7) is 6.13. The molecule has 2 rings (SSSR count). The second-order valence-corrected chi connectivity index (χ2v) is 5.19. The summed E-state index contributed by atoms with van der Waals surface area (Å²) < 4.78 is 1.11. The molecular weight excluding hydrogens is 268 g/mol. The highest BCUT2D eigenvalue weighted by Gasteiger charge is 2.18. The van der Waals surface area contributed by atoms with Crippen molar-refractivity contribution in [3.05, 3.63) is 34.2 Å². The summed E-state index contributed by atoms with van der Waals surface area (Å²) in [4.78, 5) is 31.8. The molecule has 0 fully saturated rings. The van der Waals surface area contributed by atoms with Crippen LogP contribution >= 0.6 is 0 Å². The van der Waals surface area contributed by atoms with E-state index in [1.165, 1.54) is 0 Å². The number of hydrogen-bond acceptors (Lipinski definition) is 3. The number of H-pyrrole nitrogens is 1. The molecule has 114 valence electrons. The van der Waals surface area contributed by atoms with Crippen LogP contribution in [0.4, 0.5) is 0 Å². The Morgan fingerprint density at radius 2 is 2.00 bits per heavy atom. The van der Waals surface area contributed by atoms with E-state index in [9.17, 15) is 9.59 Å². The molecule has 0 saturated heterocycles. The maximum atomic E-state index is 12.1. The van der Waals surface area contributed by atoms with Gasteiger partial charge in [0.05, 0.1) is 5.52 Å². The van der Waals surface area contributed by atoms with E-state index in [4.69, 9.17) is 4.84 Å². The fourth-order valence-electron chi connectivity index (χ4n) is 2.65. The highest BCUT2D eigenvalue weighted by Crippen LogP contribution is 2.28. The van der Waals surface area contributed by atoms with Crippen molar-refractivity contribution in [2.75, 3.05) is 0 Å². The van der Waals surface area contributed by atoms with Gasteiger partial charge in [0.15, 0.2) is 0 Å². The Labute approximate surface area is 123 Å². The smallest absolute Gasteiger partial charge is 0.332 e. The van der Waals surface area contributed by atoms with E-state index < -0.39 is 5.69 Å². The number of carbonyl (C=O) groups is 1. The van der Waals surface area contributed by atoms with Crippen molar-refractivity contribution in [3.63, 3.8) is 0 Å². The number of hydrogen-bond donors (Lipinski definition) is 1. The number of fused-ring (bicyclic) bond motifs is 1. The average molecular weight is 290 g/mol. The number of nitrogens with one attached hydrogen (secondary N) is 1. The Hall–Kier alpha value is -2.04. The SMILES string of the molecule is CCCC(=O)On1c(=O)[nH]c2cccc(C(CC)CC)c21. The Balaban J connectivity index is 2.56. The van der Waals surface area contributed by atoms with E-state index in [-0.39, 0.29) is 5.97 Å². The molecule has 2 aromatic rings. The number of carbonyl (C=O) groups excluding carboxylic acids is 1. The van der Waals surface area contributed by atoms with Crippen molar-refractivity contribution in [1.82, 2.24) is 9.71 Å². The summed E-state index contributed by atoms with van der Waals surface area (Å²) in [6.07, 6.45) is 2.93. The van der Waals surface area contributed by atoms with E-state index >= 15 is 0 Å². The quantitative estimate of drug-likeness (QED) is 0.889. The van der Waals surface area contributed by atoms with Crippen LogP contribution in [0.15, 0.2) is 23.0 Å². The third kappa shape index (κ3) is 3.01. The topological polar surface area (TPSA) is 64.1 Å². The molecule has 5 heteroatoms. The lowest BCUT2D eigenvalue weighted by Gasteiger charge is -2.15. The minimum atomic E-state index is -0.409. The highest BCUT2D eigenvalue weighted by atomic mass is 16.7. The second kappa shape index (κ2) is 6.61. The predicted molar refractivity (Wildman–Crippen MR) is 82.4 cm³/mol. The van der Waals surface area contributed by atoms with E-state index in [0.29, 0.717) is 29.8 Å². The molecular formula is C16H22N2O3. The van der Waals surface area contributed by atoms with Crippen molar-refractivity contribution in [2.45, 2.75) is 52.4 Å². The first-order chi connectivity index (χ1) is 10.1. The monoisotopic (exact) mass is 290 g/mol. The normalized spacial score (nSPS) is 11.2.